The molecule has 6 nitrogen and oxygen atoms in total. The first-order valence-corrected chi connectivity index (χ1v) is 8.60. The van der Waals surface area contributed by atoms with Crippen molar-refractivity contribution in [2.24, 2.45) is 5.92 Å². The summed E-state index contributed by atoms with van der Waals surface area (Å²) in [5, 5.41) is 9.57. The summed E-state index contributed by atoms with van der Waals surface area (Å²) in [6.45, 7) is -2.71. The number of halogens is 2. The molecule has 2 aromatic rings. The summed E-state index contributed by atoms with van der Waals surface area (Å²) in [7, 11) is 1.28. The number of carboxylic acids is 1. The lowest BCUT2D eigenvalue weighted by atomic mass is 9.89. The number of benzene rings is 2. The van der Waals surface area contributed by atoms with Gasteiger partial charge in [-0.1, -0.05) is 30.3 Å². The minimum absolute atomic E-state index is 0.000240. The second-order valence-corrected chi connectivity index (χ2v) is 6.42. The van der Waals surface area contributed by atoms with E-state index in [1.54, 1.807) is 0 Å². The summed E-state index contributed by atoms with van der Waals surface area (Å²) in [5.74, 6) is -2.60. The molecule has 1 aliphatic rings. The molecule has 28 heavy (non-hydrogen) atoms. The Morgan fingerprint density at radius 1 is 1.11 bits per heavy atom. The second kappa shape index (κ2) is 8.24. The SMILES string of the molecule is COc1cc(C(=O)N2CC(C(=O)O)C(c3ccccc3)C2)ccc1OC(F)F. The van der Waals surface area contributed by atoms with Gasteiger partial charge in [0.05, 0.1) is 13.0 Å². The van der Waals surface area contributed by atoms with E-state index in [0.29, 0.717) is 0 Å². The fourth-order valence-corrected chi connectivity index (χ4v) is 3.43. The van der Waals surface area contributed by atoms with Crippen LogP contribution >= 0.6 is 0 Å². The van der Waals surface area contributed by atoms with Crippen LogP contribution in [-0.4, -0.2) is 48.7 Å². The van der Waals surface area contributed by atoms with Gasteiger partial charge in [0.2, 0.25) is 0 Å². The molecule has 0 bridgehead atoms. The number of ether oxygens (including phenoxy) is 2. The molecule has 1 saturated heterocycles. The standard InChI is InChI=1S/C20H19F2NO5/c1-27-17-9-13(7-8-16(17)28-20(21)22)18(24)23-10-14(15(11-23)19(25)26)12-5-3-2-4-6-12/h2-9,14-15,20H,10-11H2,1H3,(H,25,26). The minimum Gasteiger partial charge on any atom is -0.493 e. The van der Waals surface area contributed by atoms with Gasteiger partial charge in [0.15, 0.2) is 11.5 Å². The number of likely N-dealkylation sites (tertiary alicyclic amines) is 1. The maximum Gasteiger partial charge on any atom is 0.387 e. The van der Waals surface area contributed by atoms with Crippen molar-refractivity contribution in [3.8, 4) is 11.5 Å². The van der Waals surface area contributed by atoms with Gasteiger partial charge in [-0.15, -0.1) is 0 Å². The molecule has 148 valence electrons. The average Bonchev–Trinajstić information content (AvgIpc) is 3.14. The van der Waals surface area contributed by atoms with Crippen molar-refractivity contribution >= 4 is 11.9 Å². The van der Waals surface area contributed by atoms with Gasteiger partial charge in [0.1, 0.15) is 0 Å². The Balaban J connectivity index is 1.83. The lowest BCUT2D eigenvalue weighted by molar-refractivity contribution is -0.141. The minimum atomic E-state index is -3.02. The highest BCUT2D eigenvalue weighted by Gasteiger charge is 2.40. The Labute approximate surface area is 160 Å². The molecule has 0 saturated carbocycles. The number of amides is 1. The van der Waals surface area contributed by atoms with Crippen LogP contribution in [0.5, 0.6) is 11.5 Å². The van der Waals surface area contributed by atoms with Crippen LogP contribution in [0.2, 0.25) is 0 Å². The molecule has 2 unspecified atom stereocenters. The van der Waals surface area contributed by atoms with Gasteiger partial charge in [-0.25, -0.2) is 0 Å². The summed E-state index contributed by atoms with van der Waals surface area (Å²) >= 11 is 0. The number of alkyl halides is 2. The highest BCUT2D eigenvalue weighted by molar-refractivity contribution is 5.95. The molecule has 8 heteroatoms. The summed E-state index contributed by atoms with van der Waals surface area (Å²) in [6.07, 6.45) is 0. The Morgan fingerprint density at radius 3 is 2.43 bits per heavy atom. The van der Waals surface area contributed by atoms with Crippen LogP contribution in [-0.2, 0) is 4.79 Å². The summed E-state index contributed by atoms with van der Waals surface area (Å²) in [5.41, 5.74) is 1.06. The Kier molecular flexibility index (Phi) is 5.77. The quantitative estimate of drug-likeness (QED) is 0.818. The fourth-order valence-electron chi connectivity index (χ4n) is 3.43. The van der Waals surface area contributed by atoms with E-state index in [4.69, 9.17) is 4.74 Å². The van der Waals surface area contributed by atoms with Crippen molar-refractivity contribution in [2.45, 2.75) is 12.5 Å². The number of rotatable bonds is 6. The molecule has 2 atom stereocenters. The number of carboxylic acid groups (broad SMARTS) is 1. The third-order valence-electron chi connectivity index (χ3n) is 4.78. The van der Waals surface area contributed by atoms with Gasteiger partial charge in [0, 0.05) is 24.6 Å². The summed E-state index contributed by atoms with van der Waals surface area (Å²) < 4.78 is 34.3. The number of hydrogen-bond donors (Lipinski definition) is 1. The number of carbonyl (C=O) groups is 2. The van der Waals surface area contributed by atoms with Gasteiger partial charge in [0.25, 0.3) is 5.91 Å². The molecular weight excluding hydrogens is 372 g/mol. The first kappa shape index (κ1) is 19.6. The fraction of sp³-hybridized carbons (Fsp3) is 0.300. The maximum atomic E-state index is 12.9. The predicted molar refractivity (Wildman–Crippen MR) is 95.8 cm³/mol. The summed E-state index contributed by atoms with van der Waals surface area (Å²) in [4.78, 5) is 26.0. The molecular formula is C20H19F2NO5. The van der Waals surface area contributed by atoms with Gasteiger partial charge < -0.3 is 19.5 Å². The number of hydrogen-bond acceptors (Lipinski definition) is 4. The van der Waals surface area contributed by atoms with Crippen LogP contribution in [0.1, 0.15) is 21.8 Å². The smallest absolute Gasteiger partial charge is 0.387 e. The third-order valence-corrected chi connectivity index (χ3v) is 4.78. The van der Waals surface area contributed by atoms with E-state index in [0.717, 1.165) is 5.56 Å². The van der Waals surface area contributed by atoms with Crippen molar-refractivity contribution in [3.63, 3.8) is 0 Å². The van der Waals surface area contributed by atoms with Gasteiger partial charge in [-0.05, 0) is 23.8 Å². The van der Waals surface area contributed by atoms with E-state index in [-0.39, 0.29) is 36.1 Å². The lowest BCUT2D eigenvalue weighted by Gasteiger charge is -2.18. The first-order valence-electron chi connectivity index (χ1n) is 8.60. The van der Waals surface area contributed by atoms with Crippen molar-refractivity contribution in [2.75, 3.05) is 20.2 Å². The van der Waals surface area contributed by atoms with E-state index in [2.05, 4.69) is 4.74 Å². The Bertz CT molecular complexity index is 859. The van der Waals surface area contributed by atoms with E-state index in [9.17, 15) is 23.5 Å². The van der Waals surface area contributed by atoms with E-state index in [1.807, 2.05) is 30.3 Å². The van der Waals surface area contributed by atoms with Crippen LogP contribution in [0.15, 0.2) is 48.5 Å². The van der Waals surface area contributed by atoms with Gasteiger partial charge in [-0.2, -0.15) is 8.78 Å². The molecule has 0 radical (unpaired) electrons. The third kappa shape index (κ3) is 4.05. The monoisotopic (exact) mass is 391 g/mol. The van der Waals surface area contributed by atoms with Crippen molar-refractivity contribution in [3.05, 3.63) is 59.7 Å². The van der Waals surface area contributed by atoms with Crippen LogP contribution in [0, 0.1) is 5.92 Å². The number of nitrogens with zero attached hydrogens (tertiary/aromatic N) is 1. The zero-order valence-electron chi connectivity index (χ0n) is 15.0. The van der Waals surface area contributed by atoms with Crippen LogP contribution in [0.4, 0.5) is 8.78 Å². The Hall–Kier alpha value is -3.16. The molecule has 0 spiro atoms. The molecule has 1 fully saturated rings. The van der Waals surface area contributed by atoms with Crippen LogP contribution < -0.4 is 9.47 Å². The molecule has 1 heterocycles. The normalized spacial score (nSPS) is 18.9. The number of methoxy groups -OCH3 is 1. The predicted octanol–water partition coefficient (Wildman–Crippen LogP) is 3.24. The zero-order valence-corrected chi connectivity index (χ0v) is 15.0. The molecule has 1 N–H and O–H groups in total. The van der Waals surface area contributed by atoms with Gasteiger partial charge >= 0.3 is 12.6 Å². The molecule has 0 aromatic heterocycles. The average molecular weight is 391 g/mol. The number of aliphatic carboxylic acids is 1. The maximum absolute atomic E-state index is 12.9. The highest BCUT2D eigenvalue weighted by Crippen LogP contribution is 2.35. The first-order chi connectivity index (χ1) is 13.4. The molecule has 1 amide bonds. The highest BCUT2D eigenvalue weighted by atomic mass is 19.3. The summed E-state index contributed by atoms with van der Waals surface area (Å²) in [6, 6.07) is 13.1. The van der Waals surface area contributed by atoms with Crippen molar-refractivity contribution in [1.82, 2.24) is 4.90 Å². The van der Waals surface area contributed by atoms with Crippen LogP contribution in [0.25, 0.3) is 0 Å². The van der Waals surface area contributed by atoms with E-state index < -0.39 is 24.4 Å². The van der Waals surface area contributed by atoms with Crippen LogP contribution in [0.3, 0.4) is 0 Å². The Morgan fingerprint density at radius 2 is 1.82 bits per heavy atom. The van der Waals surface area contributed by atoms with Gasteiger partial charge in [-0.3, -0.25) is 9.59 Å². The zero-order chi connectivity index (χ0) is 20.3. The topological polar surface area (TPSA) is 76.1 Å². The molecule has 2 aromatic carbocycles. The largest absolute Gasteiger partial charge is 0.493 e. The number of carbonyl (C=O) groups excluding carboxylic acids is 1. The lowest BCUT2D eigenvalue weighted by Crippen LogP contribution is -2.29. The van der Waals surface area contributed by atoms with E-state index in [1.165, 1.54) is 30.2 Å². The second-order valence-electron chi connectivity index (χ2n) is 6.42. The van der Waals surface area contributed by atoms with Crippen molar-refractivity contribution < 1.29 is 33.0 Å². The van der Waals surface area contributed by atoms with E-state index >= 15 is 0 Å². The van der Waals surface area contributed by atoms with Crippen molar-refractivity contribution in [1.29, 1.82) is 0 Å². The molecule has 0 aliphatic carbocycles. The molecule has 3 rings (SSSR count). The molecule has 1 aliphatic heterocycles.